The van der Waals surface area contributed by atoms with E-state index in [4.69, 9.17) is 10.00 Å². The molecule has 0 N–H and O–H groups in total. The molecular formula is C11H10BrNO. The highest BCUT2D eigenvalue weighted by Gasteiger charge is 2.04. The number of nitriles is 1. The minimum absolute atomic E-state index is 0.576. The van der Waals surface area contributed by atoms with E-state index in [1.54, 1.807) is 13.2 Å². The molecule has 14 heavy (non-hydrogen) atoms. The lowest BCUT2D eigenvalue weighted by molar-refractivity contribution is 0.413. The van der Waals surface area contributed by atoms with Crippen LogP contribution in [0.15, 0.2) is 24.3 Å². The van der Waals surface area contributed by atoms with Crippen LogP contribution in [0.5, 0.6) is 5.75 Å². The predicted molar refractivity (Wildman–Crippen MR) is 60.5 cm³/mol. The predicted octanol–water partition coefficient (Wildman–Crippen LogP) is 2.97. The Morgan fingerprint density at radius 1 is 1.57 bits per heavy atom. The summed E-state index contributed by atoms with van der Waals surface area (Å²) in [5.74, 6) is 0.615. The lowest BCUT2D eigenvalue weighted by Crippen LogP contribution is -1.90. The summed E-state index contributed by atoms with van der Waals surface area (Å²) in [7, 11) is 1.56. The van der Waals surface area contributed by atoms with Crippen LogP contribution in [-0.2, 0) is 0 Å². The number of methoxy groups -OCH3 is 1. The second-order valence-corrected chi connectivity index (χ2v) is 3.24. The summed E-state index contributed by atoms with van der Waals surface area (Å²) in [4.78, 5) is 0. The standard InChI is InChI=1S/C11H10BrNO/c1-14-11-6-2-4-9(5-3-7-12)10(11)8-13/h2-6H,7H2,1H3. The molecule has 0 unspecified atom stereocenters. The summed E-state index contributed by atoms with van der Waals surface area (Å²) in [5, 5.41) is 9.73. The quantitative estimate of drug-likeness (QED) is 0.775. The summed E-state index contributed by atoms with van der Waals surface area (Å²) >= 11 is 3.29. The van der Waals surface area contributed by atoms with Gasteiger partial charge in [0.25, 0.3) is 0 Å². The first-order valence-corrected chi connectivity index (χ1v) is 5.25. The third-order valence-corrected chi connectivity index (χ3v) is 2.15. The van der Waals surface area contributed by atoms with Gasteiger partial charge in [0.15, 0.2) is 0 Å². The van der Waals surface area contributed by atoms with Crippen LogP contribution in [0, 0.1) is 11.3 Å². The Labute approximate surface area is 91.9 Å². The molecule has 1 aromatic carbocycles. The second kappa shape index (κ2) is 5.46. The van der Waals surface area contributed by atoms with Crippen molar-refractivity contribution in [1.29, 1.82) is 5.26 Å². The van der Waals surface area contributed by atoms with E-state index in [0.29, 0.717) is 11.3 Å². The smallest absolute Gasteiger partial charge is 0.137 e. The summed E-state index contributed by atoms with van der Waals surface area (Å²) in [6.45, 7) is 0. The third kappa shape index (κ3) is 2.36. The molecule has 0 spiro atoms. The maximum atomic E-state index is 8.95. The highest BCUT2D eigenvalue weighted by molar-refractivity contribution is 9.09. The highest BCUT2D eigenvalue weighted by atomic mass is 79.9. The summed E-state index contributed by atoms with van der Waals surface area (Å²) in [5.41, 5.74) is 1.46. The fourth-order valence-electron chi connectivity index (χ4n) is 1.15. The first kappa shape index (κ1) is 10.8. The normalized spacial score (nSPS) is 10.1. The van der Waals surface area contributed by atoms with Crippen LogP contribution in [0.4, 0.5) is 0 Å². The molecule has 0 aliphatic rings. The van der Waals surface area contributed by atoms with Crippen LogP contribution in [0.3, 0.4) is 0 Å². The van der Waals surface area contributed by atoms with Crippen molar-refractivity contribution >= 4 is 22.0 Å². The third-order valence-electron chi connectivity index (χ3n) is 1.78. The van der Waals surface area contributed by atoms with Crippen molar-refractivity contribution in [2.24, 2.45) is 0 Å². The number of hydrogen-bond acceptors (Lipinski definition) is 2. The van der Waals surface area contributed by atoms with Crippen LogP contribution in [0.25, 0.3) is 6.08 Å². The van der Waals surface area contributed by atoms with Gasteiger partial charge in [-0.2, -0.15) is 5.26 Å². The average molecular weight is 252 g/mol. The van der Waals surface area contributed by atoms with E-state index in [-0.39, 0.29) is 0 Å². The van der Waals surface area contributed by atoms with Crippen molar-refractivity contribution < 1.29 is 4.74 Å². The Morgan fingerprint density at radius 3 is 2.93 bits per heavy atom. The molecule has 3 heteroatoms. The molecule has 0 heterocycles. The van der Waals surface area contributed by atoms with Crippen LogP contribution < -0.4 is 4.74 Å². The van der Waals surface area contributed by atoms with E-state index in [1.807, 2.05) is 24.3 Å². The Morgan fingerprint density at radius 2 is 2.36 bits per heavy atom. The molecule has 0 fully saturated rings. The average Bonchev–Trinajstić information content (AvgIpc) is 2.25. The van der Waals surface area contributed by atoms with E-state index in [0.717, 1.165) is 10.9 Å². The van der Waals surface area contributed by atoms with E-state index in [9.17, 15) is 0 Å². The van der Waals surface area contributed by atoms with Gasteiger partial charge in [0.1, 0.15) is 17.4 Å². The molecule has 0 aromatic heterocycles. The number of nitrogens with zero attached hydrogens (tertiary/aromatic N) is 1. The van der Waals surface area contributed by atoms with Gasteiger partial charge in [-0.05, 0) is 11.6 Å². The molecule has 0 amide bonds. The van der Waals surface area contributed by atoms with E-state index < -0.39 is 0 Å². The highest BCUT2D eigenvalue weighted by Crippen LogP contribution is 2.22. The van der Waals surface area contributed by atoms with Gasteiger partial charge >= 0.3 is 0 Å². The number of allylic oxidation sites excluding steroid dienone is 1. The molecule has 72 valence electrons. The minimum Gasteiger partial charge on any atom is -0.495 e. The maximum Gasteiger partial charge on any atom is 0.137 e. The summed E-state index contributed by atoms with van der Waals surface area (Å²) in [6, 6.07) is 7.67. The zero-order valence-electron chi connectivity index (χ0n) is 7.83. The molecule has 2 nitrogen and oxygen atoms in total. The Kier molecular flexibility index (Phi) is 4.21. The maximum absolute atomic E-state index is 8.95. The summed E-state index contributed by atoms with van der Waals surface area (Å²) in [6.07, 6.45) is 3.84. The van der Waals surface area contributed by atoms with Crippen LogP contribution in [0.1, 0.15) is 11.1 Å². The van der Waals surface area contributed by atoms with Gasteiger partial charge in [-0.15, -0.1) is 0 Å². The molecule has 0 saturated heterocycles. The monoisotopic (exact) mass is 251 g/mol. The molecule has 0 aliphatic heterocycles. The first-order valence-electron chi connectivity index (χ1n) is 4.13. The molecule has 0 bridgehead atoms. The number of halogens is 1. The van der Waals surface area contributed by atoms with Crippen molar-refractivity contribution in [2.45, 2.75) is 0 Å². The Balaban J connectivity index is 3.17. The van der Waals surface area contributed by atoms with Crippen LogP contribution >= 0.6 is 15.9 Å². The first-order chi connectivity index (χ1) is 6.83. The van der Waals surface area contributed by atoms with Gasteiger partial charge in [0.2, 0.25) is 0 Å². The molecule has 0 radical (unpaired) electrons. The van der Waals surface area contributed by atoms with Gasteiger partial charge in [0, 0.05) is 5.33 Å². The van der Waals surface area contributed by atoms with Crippen LogP contribution in [0.2, 0.25) is 0 Å². The lowest BCUT2D eigenvalue weighted by atomic mass is 10.1. The van der Waals surface area contributed by atoms with Gasteiger partial charge in [-0.25, -0.2) is 0 Å². The fraction of sp³-hybridized carbons (Fsp3) is 0.182. The number of rotatable bonds is 3. The minimum atomic E-state index is 0.576. The zero-order valence-corrected chi connectivity index (χ0v) is 9.41. The molecule has 1 rings (SSSR count). The molecule has 0 atom stereocenters. The number of ether oxygens (including phenoxy) is 1. The SMILES string of the molecule is COc1cccc(C=CCBr)c1C#N. The topological polar surface area (TPSA) is 33.0 Å². The van der Waals surface area contributed by atoms with E-state index in [2.05, 4.69) is 22.0 Å². The van der Waals surface area contributed by atoms with Crippen molar-refractivity contribution in [3.05, 3.63) is 35.4 Å². The lowest BCUT2D eigenvalue weighted by Gasteiger charge is -2.04. The van der Waals surface area contributed by atoms with E-state index >= 15 is 0 Å². The molecule has 0 saturated carbocycles. The number of alkyl halides is 1. The van der Waals surface area contributed by atoms with Crippen molar-refractivity contribution in [3.8, 4) is 11.8 Å². The molecule has 1 aromatic rings. The van der Waals surface area contributed by atoms with Crippen molar-refractivity contribution in [3.63, 3.8) is 0 Å². The van der Waals surface area contributed by atoms with Gasteiger partial charge in [-0.3, -0.25) is 0 Å². The van der Waals surface area contributed by atoms with Crippen molar-refractivity contribution in [2.75, 3.05) is 12.4 Å². The second-order valence-electron chi connectivity index (χ2n) is 2.59. The summed E-state index contributed by atoms with van der Waals surface area (Å²) < 4.78 is 5.09. The molecular weight excluding hydrogens is 242 g/mol. The molecule has 0 aliphatic carbocycles. The zero-order chi connectivity index (χ0) is 10.4. The Bertz CT molecular complexity index is 379. The van der Waals surface area contributed by atoms with Gasteiger partial charge in [-0.1, -0.05) is 40.2 Å². The van der Waals surface area contributed by atoms with Gasteiger partial charge in [0.05, 0.1) is 7.11 Å². The largest absolute Gasteiger partial charge is 0.495 e. The Hall–Kier alpha value is -1.27. The van der Waals surface area contributed by atoms with Crippen molar-refractivity contribution in [1.82, 2.24) is 0 Å². The number of hydrogen-bond donors (Lipinski definition) is 0. The fourth-order valence-corrected chi connectivity index (χ4v) is 1.34. The van der Waals surface area contributed by atoms with E-state index in [1.165, 1.54) is 0 Å². The van der Waals surface area contributed by atoms with Gasteiger partial charge < -0.3 is 4.74 Å². The van der Waals surface area contributed by atoms with Crippen LogP contribution in [-0.4, -0.2) is 12.4 Å². The number of benzene rings is 1.